The number of nitrogens with one attached hydrogen (secondary N) is 1. The number of aromatic amines is 1. The molecule has 0 saturated heterocycles. The number of benzene rings is 1. The maximum atomic E-state index is 11.1. The van der Waals surface area contributed by atoms with Crippen LogP contribution in [0.4, 0.5) is 0 Å². The van der Waals surface area contributed by atoms with Crippen molar-refractivity contribution in [3.8, 4) is 11.3 Å². The van der Waals surface area contributed by atoms with Crippen LogP contribution < -0.4 is 5.56 Å². The van der Waals surface area contributed by atoms with Crippen LogP contribution >= 0.6 is 0 Å². The van der Waals surface area contributed by atoms with Gasteiger partial charge in [0.15, 0.2) is 0 Å². The van der Waals surface area contributed by atoms with Crippen molar-refractivity contribution in [1.82, 2.24) is 4.98 Å². The standard InChI is InChI=1S/C12H9NO3/c14-11-3-1-2-10(13-11)8-4-6-9(7-5-8)12(15)16/h1-7H,(H,13,14)(H,15,16). The normalized spacial score (nSPS) is 10.0. The van der Waals surface area contributed by atoms with Crippen molar-refractivity contribution < 1.29 is 9.90 Å². The van der Waals surface area contributed by atoms with Gasteiger partial charge in [0, 0.05) is 11.8 Å². The van der Waals surface area contributed by atoms with Crippen LogP contribution in [0, 0.1) is 0 Å². The lowest BCUT2D eigenvalue weighted by Gasteiger charge is -2.01. The Balaban J connectivity index is 2.42. The fourth-order valence-electron chi connectivity index (χ4n) is 1.41. The molecule has 1 heterocycles. The molecule has 1 aromatic heterocycles. The van der Waals surface area contributed by atoms with Crippen molar-refractivity contribution in [2.45, 2.75) is 0 Å². The van der Waals surface area contributed by atoms with Gasteiger partial charge in [-0.3, -0.25) is 4.79 Å². The van der Waals surface area contributed by atoms with Gasteiger partial charge in [0.1, 0.15) is 0 Å². The molecule has 0 amide bonds. The highest BCUT2D eigenvalue weighted by molar-refractivity contribution is 5.88. The molecule has 2 aromatic rings. The van der Waals surface area contributed by atoms with Crippen LogP contribution in [0.5, 0.6) is 0 Å². The zero-order valence-electron chi connectivity index (χ0n) is 8.31. The Bertz CT molecular complexity index is 569. The van der Waals surface area contributed by atoms with Crippen molar-refractivity contribution in [3.63, 3.8) is 0 Å². The molecule has 0 unspecified atom stereocenters. The second kappa shape index (κ2) is 4.02. The van der Waals surface area contributed by atoms with E-state index in [9.17, 15) is 9.59 Å². The topological polar surface area (TPSA) is 70.2 Å². The molecule has 2 N–H and O–H groups in total. The number of rotatable bonds is 2. The van der Waals surface area contributed by atoms with E-state index in [4.69, 9.17) is 5.11 Å². The molecule has 1 aromatic carbocycles. The first-order valence-corrected chi connectivity index (χ1v) is 4.70. The summed E-state index contributed by atoms with van der Waals surface area (Å²) >= 11 is 0. The van der Waals surface area contributed by atoms with Gasteiger partial charge >= 0.3 is 5.97 Å². The highest BCUT2D eigenvalue weighted by Gasteiger charge is 2.03. The molecule has 0 saturated carbocycles. The van der Waals surface area contributed by atoms with Crippen LogP contribution in [0.2, 0.25) is 0 Å². The lowest BCUT2D eigenvalue weighted by molar-refractivity contribution is 0.0697. The lowest BCUT2D eigenvalue weighted by Crippen LogP contribution is -2.03. The SMILES string of the molecule is O=C(O)c1ccc(-c2cccc(=O)[nH]2)cc1. The molecular formula is C12H9NO3. The minimum atomic E-state index is -0.965. The van der Waals surface area contributed by atoms with Crippen molar-refractivity contribution in [3.05, 3.63) is 58.4 Å². The van der Waals surface area contributed by atoms with Gasteiger partial charge in [-0.25, -0.2) is 4.79 Å². The summed E-state index contributed by atoms with van der Waals surface area (Å²) in [5.41, 5.74) is 1.49. The van der Waals surface area contributed by atoms with E-state index in [0.29, 0.717) is 5.69 Å². The molecule has 0 radical (unpaired) electrons. The second-order valence-corrected chi connectivity index (χ2v) is 3.31. The Morgan fingerprint density at radius 1 is 1.06 bits per heavy atom. The maximum absolute atomic E-state index is 11.1. The zero-order valence-corrected chi connectivity index (χ0v) is 8.31. The Hall–Kier alpha value is -2.36. The minimum absolute atomic E-state index is 0.181. The molecule has 0 aliphatic heterocycles. The fourth-order valence-corrected chi connectivity index (χ4v) is 1.41. The fraction of sp³-hybridized carbons (Fsp3) is 0. The molecule has 0 atom stereocenters. The number of aromatic nitrogens is 1. The second-order valence-electron chi connectivity index (χ2n) is 3.31. The average molecular weight is 215 g/mol. The van der Waals surface area contributed by atoms with Crippen LogP contribution in [0.25, 0.3) is 11.3 Å². The third kappa shape index (κ3) is 2.00. The minimum Gasteiger partial charge on any atom is -0.478 e. The molecule has 2 rings (SSSR count). The summed E-state index contributed by atoms with van der Waals surface area (Å²) in [6, 6.07) is 11.2. The molecule has 0 spiro atoms. The molecule has 4 nitrogen and oxygen atoms in total. The Kier molecular flexibility index (Phi) is 2.55. The maximum Gasteiger partial charge on any atom is 0.335 e. The largest absolute Gasteiger partial charge is 0.478 e. The summed E-state index contributed by atoms with van der Waals surface area (Å²) in [5.74, 6) is -0.965. The molecule has 0 aliphatic carbocycles. The summed E-state index contributed by atoms with van der Waals surface area (Å²) in [7, 11) is 0. The first-order valence-electron chi connectivity index (χ1n) is 4.70. The third-order valence-corrected chi connectivity index (χ3v) is 2.21. The quantitative estimate of drug-likeness (QED) is 0.801. The first kappa shape index (κ1) is 10.2. The summed E-state index contributed by atoms with van der Waals surface area (Å²) in [6.45, 7) is 0. The molecule has 16 heavy (non-hydrogen) atoms. The van der Waals surface area contributed by atoms with Crippen LogP contribution in [0.15, 0.2) is 47.3 Å². The van der Waals surface area contributed by atoms with E-state index < -0.39 is 5.97 Å². The zero-order chi connectivity index (χ0) is 11.5. The van der Waals surface area contributed by atoms with Gasteiger partial charge in [-0.15, -0.1) is 0 Å². The monoisotopic (exact) mass is 215 g/mol. The van der Waals surface area contributed by atoms with E-state index in [1.165, 1.54) is 18.2 Å². The summed E-state index contributed by atoms with van der Waals surface area (Å²) in [4.78, 5) is 24.4. The smallest absolute Gasteiger partial charge is 0.335 e. The number of pyridine rings is 1. The van der Waals surface area contributed by atoms with Crippen LogP contribution in [0.1, 0.15) is 10.4 Å². The summed E-state index contributed by atoms with van der Waals surface area (Å²) in [6.07, 6.45) is 0. The van der Waals surface area contributed by atoms with E-state index in [2.05, 4.69) is 4.98 Å². The van der Waals surface area contributed by atoms with Gasteiger partial charge < -0.3 is 10.1 Å². The van der Waals surface area contributed by atoms with Crippen LogP contribution in [0.3, 0.4) is 0 Å². The van der Waals surface area contributed by atoms with E-state index in [1.54, 1.807) is 24.3 Å². The number of carbonyl (C=O) groups is 1. The van der Waals surface area contributed by atoms with Crippen molar-refractivity contribution in [2.75, 3.05) is 0 Å². The van der Waals surface area contributed by atoms with Crippen molar-refractivity contribution >= 4 is 5.97 Å². The predicted octanol–water partition coefficient (Wildman–Crippen LogP) is 1.74. The third-order valence-electron chi connectivity index (χ3n) is 2.21. The molecular weight excluding hydrogens is 206 g/mol. The Labute approximate surface area is 91.2 Å². The number of carboxylic acids is 1. The first-order chi connectivity index (χ1) is 7.66. The number of hydrogen-bond donors (Lipinski definition) is 2. The van der Waals surface area contributed by atoms with E-state index >= 15 is 0 Å². The Morgan fingerprint density at radius 3 is 2.31 bits per heavy atom. The molecule has 4 heteroatoms. The number of aromatic carboxylic acids is 1. The number of carboxylic acid groups (broad SMARTS) is 1. The molecule has 80 valence electrons. The van der Waals surface area contributed by atoms with Crippen molar-refractivity contribution in [2.24, 2.45) is 0 Å². The summed E-state index contributed by atoms with van der Waals surface area (Å²) in [5, 5.41) is 8.73. The van der Waals surface area contributed by atoms with Gasteiger partial charge in [-0.2, -0.15) is 0 Å². The molecule has 0 bridgehead atoms. The van der Waals surface area contributed by atoms with Crippen LogP contribution in [-0.2, 0) is 0 Å². The Morgan fingerprint density at radius 2 is 1.75 bits per heavy atom. The van der Waals surface area contributed by atoms with E-state index in [1.807, 2.05) is 0 Å². The van der Waals surface area contributed by atoms with Crippen LogP contribution in [-0.4, -0.2) is 16.1 Å². The van der Waals surface area contributed by atoms with Gasteiger partial charge in [-0.1, -0.05) is 18.2 Å². The predicted molar refractivity (Wildman–Crippen MR) is 59.5 cm³/mol. The molecule has 0 aliphatic rings. The molecule has 0 fully saturated rings. The van der Waals surface area contributed by atoms with E-state index in [-0.39, 0.29) is 11.1 Å². The highest BCUT2D eigenvalue weighted by atomic mass is 16.4. The van der Waals surface area contributed by atoms with Gasteiger partial charge in [0.05, 0.1) is 5.56 Å². The number of hydrogen-bond acceptors (Lipinski definition) is 2. The van der Waals surface area contributed by atoms with Gasteiger partial charge in [0.2, 0.25) is 5.56 Å². The summed E-state index contributed by atoms with van der Waals surface area (Å²) < 4.78 is 0. The van der Waals surface area contributed by atoms with Crippen molar-refractivity contribution in [1.29, 1.82) is 0 Å². The average Bonchev–Trinajstić information content (AvgIpc) is 2.29. The lowest BCUT2D eigenvalue weighted by atomic mass is 10.1. The highest BCUT2D eigenvalue weighted by Crippen LogP contribution is 2.15. The van der Waals surface area contributed by atoms with E-state index in [0.717, 1.165) is 5.56 Å². The van der Waals surface area contributed by atoms with Gasteiger partial charge in [-0.05, 0) is 23.8 Å². The number of H-pyrrole nitrogens is 1. The van der Waals surface area contributed by atoms with Gasteiger partial charge in [0.25, 0.3) is 0 Å².